The topological polar surface area (TPSA) is 97.6 Å². The van der Waals surface area contributed by atoms with Crippen LogP contribution in [0.1, 0.15) is 15.9 Å². The van der Waals surface area contributed by atoms with E-state index in [2.05, 4.69) is 10.5 Å². The molecule has 3 aromatic rings. The monoisotopic (exact) mass is 424 g/mol. The highest BCUT2D eigenvalue weighted by molar-refractivity contribution is 6.30. The van der Waals surface area contributed by atoms with E-state index in [9.17, 15) is 15.0 Å². The molecule has 0 aromatic heterocycles. The fourth-order valence-corrected chi connectivity index (χ4v) is 3.05. The summed E-state index contributed by atoms with van der Waals surface area (Å²) in [6, 6.07) is 17.7. The van der Waals surface area contributed by atoms with Gasteiger partial charge in [-0.1, -0.05) is 23.7 Å². The van der Waals surface area contributed by atoms with Crippen LogP contribution in [0.2, 0.25) is 5.02 Å². The number of benzene rings is 3. The molecule has 0 radical (unpaired) electrons. The normalized spacial score (nSPS) is 13.1. The van der Waals surface area contributed by atoms with Crippen molar-refractivity contribution < 1.29 is 19.7 Å². The first-order valence-corrected chi connectivity index (χ1v) is 9.26. The quantitative estimate of drug-likeness (QED) is 0.593. The summed E-state index contributed by atoms with van der Waals surface area (Å²) in [5.41, 5.74) is 4.11. The molecule has 1 aliphatic rings. The fourth-order valence-electron chi connectivity index (χ4n) is 2.92. The Labute approximate surface area is 177 Å². The molecule has 1 aliphatic heterocycles. The Morgan fingerprint density at radius 3 is 2.43 bits per heavy atom. The van der Waals surface area contributed by atoms with Crippen LogP contribution in [0.4, 0.5) is 5.69 Å². The second-order valence-corrected chi connectivity index (χ2v) is 6.78. The molecule has 0 atom stereocenters. The van der Waals surface area contributed by atoms with Crippen LogP contribution in [-0.2, 0) is 0 Å². The van der Waals surface area contributed by atoms with Gasteiger partial charge < -0.3 is 14.9 Å². The van der Waals surface area contributed by atoms with E-state index < -0.39 is 5.91 Å². The van der Waals surface area contributed by atoms with Crippen molar-refractivity contribution in [2.75, 3.05) is 12.2 Å². The Morgan fingerprint density at radius 1 is 1.03 bits per heavy atom. The summed E-state index contributed by atoms with van der Waals surface area (Å²) in [6.07, 6.45) is 0. The van der Waals surface area contributed by atoms with Gasteiger partial charge in [0.25, 0.3) is 5.91 Å². The highest BCUT2D eigenvalue weighted by Gasteiger charge is 2.32. The molecule has 0 unspecified atom stereocenters. The fraction of sp³-hybridized carbons (Fsp3) is 0.0476. The summed E-state index contributed by atoms with van der Waals surface area (Å²) < 4.78 is 5.07. The molecular formula is C21H17ClN4O4. The first-order valence-electron chi connectivity index (χ1n) is 8.88. The number of hydrazine groups is 2. The lowest BCUT2D eigenvalue weighted by Crippen LogP contribution is -2.48. The van der Waals surface area contributed by atoms with Gasteiger partial charge >= 0.3 is 0 Å². The zero-order valence-corrected chi connectivity index (χ0v) is 16.5. The zero-order chi connectivity index (χ0) is 21.3. The molecule has 30 heavy (non-hydrogen) atoms. The van der Waals surface area contributed by atoms with Crippen LogP contribution in [0, 0.1) is 0 Å². The number of ether oxygens (including phenoxy) is 1. The van der Waals surface area contributed by atoms with Crippen LogP contribution in [0.3, 0.4) is 0 Å². The summed E-state index contributed by atoms with van der Waals surface area (Å²) >= 11 is 5.98. The largest absolute Gasteiger partial charge is 0.507 e. The second-order valence-electron chi connectivity index (χ2n) is 6.35. The van der Waals surface area contributed by atoms with Crippen molar-refractivity contribution >= 4 is 29.0 Å². The van der Waals surface area contributed by atoms with E-state index in [1.165, 1.54) is 30.4 Å². The first kappa shape index (κ1) is 19.4. The molecule has 8 nitrogen and oxygen atoms in total. The molecule has 0 spiro atoms. The Hall–Kier alpha value is -3.91. The van der Waals surface area contributed by atoms with Gasteiger partial charge in [-0.25, -0.2) is 0 Å². The third kappa shape index (κ3) is 3.56. The summed E-state index contributed by atoms with van der Waals surface area (Å²) in [5.74, 6) is -0.126. The standard InChI is InChI=1S/C21H17ClN4O4/c1-30-19-11-6-13(12-18(19)28)20-23-25(15-9-7-14(22)8-10-15)26(24-20)21(29)16-4-2-3-5-17(16)27/h2-12,27-28H,1H3,(H,23,24). The molecule has 3 N–H and O–H groups in total. The smallest absolute Gasteiger partial charge is 0.297 e. The summed E-state index contributed by atoms with van der Waals surface area (Å²) in [6.45, 7) is 0. The van der Waals surface area contributed by atoms with E-state index >= 15 is 0 Å². The molecule has 0 aliphatic carbocycles. The van der Waals surface area contributed by atoms with Crippen LogP contribution >= 0.6 is 11.6 Å². The van der Waals surface area contributed by atoms with Gasteiger partial charge in [-0.3, -0.25) is 10.2 Å². The Balaban J connectivity index is 1.74. The Kier molecular flexibility index (Phi) is 5.07. The maximum Gasteiger partial charge on any atom is 0.297 e. The third-order valence-electron chi connectivity index (χ3n) is 4.43. The molecule has 0 fully saturated rings. The van der Waals surface area contributed by atoms with Gasteiger partial charge in [-0.05, 0) is 54.6 Å². The SMILES string of the molecule is COc1ccc(C2=NN(c3ccc(Cl)cc3)N(C(=O)c3ccccc3O)N2)cc1O. The van der Waals surface area contributed by atoms with Gasteiger partial charge in [0.2, 0.25) is 0 Å². The number of nitrogens with one attached hydrogen (secondary N) is 1. The number of anilines is 1. The lowest BCUT2D eigenvalue weighted by Gasteiger charge is -2.26. The number of amidine groups is 1. The molecule has 3 aromatic carbocycles. The molecule has 9 heteroatoms. The maximum absolute atomic E-state index is 13.2. The number of hydrogen-bond acceptors (Lipinski definition) is 7. The van der Waals surface area contributed by atoms with Gasteiger partial charge in [0.05, 0.1) is 18.4 Å². The van der Waals surface area contributed by atoms with Gasteiger partial charge in [-0.15, -0.1) is 15.3 Å². The number of methoxy groups -OCH3 is 1. The predicted octanol–water partition coefficient (Wildman–Crippen LogP) is 3.50. The number of carbonyl (C=O) groups excluding carboxylic acids is 1. The number of aromatic hydroxyl groups is 2. The van der Waals surface area contributed by atoms with Crippen LogP contribution in [0.5, 0.6) is 17.2 Å². The molecule has 0 saturated carbocycles. The van der Waals surface area contributed by atoms with Crippen molar-refractivity contribution in [3.05, 3.63) is 82.9 Å². The Morgan fingerprint density at radius 2 is 1.77 bits per heavy atom. The van der Waals surface area contributed by atoms with Crippen LogP contribution in [-0.4, -0.2) is 34.2 Å². The third-order valence-corrected chi connectivity index (χ3v) is 4.68. The van der Waals surface area contributed by atoms with Gasteiger partial charge in [0.1, 0.15) is 5.75 Å². The van der Waals surface area contributed by atoms with Crippen LogP contribution in [0.25, 0.3) is 0 Å². The van der Waals surface area contributed by atoms with E-state index in [1.807, 2.05) is 0 Å². The second kappa shape index (κ2) is 7.84. The van der Waals surface area contributed by atoms with E-state index in [0.717, 1.165) is 5.12 Å². The first-order chi connectivity index (χ1) is 14.5. The van der Waals surface area contributed by atoms with Crippen molar-refractivity contribution in [1.82, 2.24) is 10.5 Å². The van der Waals surface area contributed by atoms with Crippen LogP contribution in [0.15, 0.2) is 71.8 Å². The number of hydrogen-bond donors (Lipinski definition) is 3. The number of amides is 1. The lowest BCUT2D eigenvalue weighted by atomic mass is 10.2. The molecule has 1 heterocycles. The number of phenols is 2. The van der Waals surface area contributed by atoms with Crippen LogP contribution < -0.4 is 15.3 Å². The number of halogens is 1. The summed E-state index contributed by atoms with van der Waals surface area (Å²) in [7, 11) is 1.45. The number of nitrogens with zero attached hydrogens (tertiary/aromatic N) is 3. The minimum absolute atomic E-state index is 0.0666. The lowest BCUT2D eigenvalue weighted by molar-refractivity contribution is 0.0707. The minimum atomic E-state index is -0.528. The van der Waals surface area contributed by atoms with Crippen molar-refractivity contribution in [2.45, 2.75) is 0 Å². The van der Waals surface area contributed by atoms with E-state index in [0.29, 0.717) is 27.9 Å². The van der Waals surface area contributed by atoms with Gasteiger partial charge in [0.15, 0.2) is 17.3 Å². The predicted molar refractivity (Wildman–Crippen MR) is 113 cm³/mol. The van der Waals surface area contributed by atoms with Crippen molar-refractivity contribution in [1.29, 1.82) is 0 Å². The number of para-hydroxylation sites is 1. The van der Waals surface area contributed by atoms with E-state index in [1.54, 1.807) is 48.5 Å². The van der Waals surface area contributed by atoms with E-state index in [-0.39, 0.29) is 17.1 Å². The molecule has 0 saturated heterocycles. The molecule has 1 amide bonds. The molecule has 152 valence electrons. The molecular weight excluding hydrogens is 408 g/mol. The molecule has 0 bridgehead atoms. The molecule has 4 rings (SSSR count). The maximum atomic E-state index is 13.2. The zero-order valence-electron chi connectivity index (χ0n) is 15.8. The summed E-state index contributed by atoms with van der Waals surface area (Å²) in [5, 5.41) is 27.7. The van der Waals surface area contributed by atoms with Gasteiger partial charge in [-0.2, -0.15) is 0 Å². The average molecular weight is 425 g/mol. The van der Waals surface area contributed by atoms with E-state index in [4.69, 9.17) is 16.3 Å². The highest BCUT2D eigenvalue weighted by atomic mass is 35.5. The highest BCUT2D eigenvalue weighted by Crippen LogP contribution is 2.29. The van der Waals surface area contributed by atoms with Crippen molar-refractivity contribution in [3.63, 3.8) is 0 Å². The van der Waals surface area contributed by atoms with Crippen molar-refractivity contribution in [2.24, 2.45) is 5.10 Å². The van der Waals surface area contributed by atoms with Crippen molar-refractivity contribution in [3.8, 4) is 17.2 Å². The average Bonchev–Trinajstić information content (AvgIpc) is 3.19. The number of phenolic OH excluding ortho intramolecular Hbond substituents is 2. The Bertz CT molecular complexity index is 1130. The number of carbonyl (C=O) groups is 1. The number of rotatable bonds is 4. The summed E-state index contributed by atoms with van der Waals surface area (Å²) in [4.78, 5) is 13.2. The number of hydrazone groups is 1. The minimum Gasteiger partial charge on any atom is -0.507 e. The van der Waals surface area contributed by atoms with Gasteiger partial charge in [0, 0.05) is 10.6 Å².